The number of fused-ring (bicyclic) bond motifs is 1. The number of aromatic nitrogens is 3. The zero-order valence-electron chi connectivity index (χ0n) is 5.20. The van der Waals surface area contributed by atoms with E-state index in [0.717, 1.165) is 11.0 Å². The van der Waals surface area contributed by atoms with Crippen LogP contribution in [0.4, 0.5) is 5.69 Å². The molecule has 0 fully saturated rings. The molecule has 0 unspecified atom stereocenters. The Balaban J connectivity index is 2.93. The molecule has 2 aromatic rings. The van der Waals surface area contributed by atoms with E-state index in [9.17, 15) is 0 Å². The maximum absolute atomic E-state index is 5.55. The first kappa shape index (κ1) is 5.22. The van der Waals surface area contributed by atoms with Gasteiger partial charge in [0, 0.05) is 6.20 Å². The van der Waals surface area contributed by atoms with Gasteiger partial charge in [0.1, 0.15) is 11.8 Å². The van der Waals surface area contributed by atoms with Crippen molar-refractivity contribution >= 4 is 16.7 Å². The zero-order valence-corrected chi connectivity index (χ0v) is 5.20. The van der Waals surface area contributed by atoms with Crippen molar-refractivity contribution in [2.45, 2.75) is 0 Å². The molecule has 50 valence electrons. The number of hydrogen-bond donors (Lipinski definition) is 2. The Morgan fingerprint density at radius 1 is 1.50 bits per heavy atom. The Hall–Kier alpha value is -1.58. The minimum absolute atomic E-state index is 0.664. The summed E-state index contributed by atoms with van der Waals surface area (Å²) in [6.07, 6.45) is 4.88. The van der Waals surface area contributed by atoms with E-state index in [1.54, 1.807) is 12.4 Å². The highest BCUT2D eigenvalue weighted by Gasteiger charge is 1.97. The van der Waals surface area contributed by atoms with Gasteiger partial charge in [-0.15, -0.1) is 0 Å². The van der Waals surface area contributed by atoms with E-state index in [1.807, 2.05) is 0 Å². The van der Waals surface area contributed by atoms with E-state index in [1.165, 1.54) is 6.33 Å². The first-order valence-electron chi connectivity index (χ1n) is 2.90. The molecule has 0 atom stereocenters. The summed E-state index contributed by atoms with van der Waals surface area (Å²) < 4.78 is 0. The van der Waals surface area contributed by atoms with Crippen LogP contribution < -0.4 is 5.73 Å². The Bertz CT molecular complexity index is 351. The molecule has 4 nitrogen and oxygen atoms in total. The predicted molar refractivity (Wildman–Crippen MR) is 38.3 cm³/mol. The van der Waals surface area contributed by atoms with Crippen molar-refractivity contribution in [3.63, 3.8) is 0 Å². The lowest BCUT2D eigenvalue weighted by atomic mass is 10.4. The Kier molecular flexibility index (Phi) is 0.887. The third kappa shape index (κ3) is 0.556. The van der Waals surface area contributed by atoms with Crippen LogP contribution in [0.2, 0.25) is 0 Å². The number of H-pyrrole nitrogens is 1. The molecule has 0 bridgehead atoms. The van der Waals surface area contributed by atoms with Gasteiger partial charge in [-0.2, -0.15) is 0 Å². The number of nitrogens with zero attached hydrogens (tertiary/aromatic N) is 2. The molecule has 0 aliphatic heterocycles. The van der Waals surface area contributed by atoms with Crippen LogP contribution in [0.5, 0.6) is 0 Å². The van der Waals surface area contributed by atoms with Gasteiger partial charge in [-0.25, -0.2) is 9.97 Å². The number of nitrogen functional groups attached to an aromatic ring is 1. The topological polar surface area (TPSA) is 67.6 Å². The fraction of sp³-hybridized carbons (Fsp3) is 0. The quantitative estimate of drug-likeness (QED) is 0.552. The molecular weight excluding hydrogens is 128 g/mol. The Labute approximate surface area is 57.1 Å². The zero-order chi connectivity index (χ0) is 6.97. The highest BCUT2D eigenvalue weighted by atomic mass is 14.9. The van der Waals surface area contributed by atoms with Gasteiger partial charge in [0.2, 0.25) is 0 Å². The predicted octanol–water partition coefficient (Wildman–Crippen LogP) is 0.540. The van der Waals surface area contributed by atoms with Crippen molar-refractivity contribution in [3.05, 3.63) is 18.7 Å². The molecule has 0 radical (unpaired) electrons. The van der Waals surface area contributed by atoms with Gasteiger partial charge in [0.05, 0.1) is 17.4 Å². The average Bonchev–Trinajstić information content (AvgIpc) is 2.34. The number of anilines is 1. The molecule has 0 saturated carbocycles. The highest BCUT2D eigenvalue weighted by molar-refractivity contribution is 5.86. The van der Waals surface area contributed by atoms with E-state index in [0.29, 0.717) is 5.69 Å². The number of aromatic amines is 1. The molecule has 3 N–H and O–H groups in total. The fourth-order valence-corrected chi connectivity index (χ4v) is 0.889. The summed E-state index contributed by atoms with van der Waals surface area (Å²) in [5.41, 5.74) is 7.88. The third-order valence-electron chi connectivity index (χ3n) is 1.37. The van der Waals surface area contributed by atoms with Crippen molar-refractivity contribution in [2.75, 3.05) is 5.73 Å². The van der Waals surface area contributed by atoms with Crippen LogP contribution in [0.15, 0.2) is 18.7 Å². The smallest absolute Gasteiger partial charge is 0.116 e. The lowest BCUT2D eigenvalue weighted by Crippen LogP contribution is -1.83. The SMILES string of the molecule is Nc1c[nH]c2cncnc12. The number of nitrogens with one attached hydrogen (secondary N) is 1. The largest absolute Gasteiger partial charge is 0.396 e. The lowest BCUT2D eigenvalue weighted by molar-refractivity contribution is 1.22. The maximum atomic E-state index is 5.55. The normalized spacial score (nSPS) is 10.4. The summed E-state index contributed by atoms with van der Waals surface area (Å²) in [5.74, 6) is 0. The number of nitrogens with two attached hydrogens (primary N) is 1. The summed E-state index contributed by atoms with van der Waals surface area (Å²) in [6, 6.07) is 0. The minimum Gasteiger partial charge on any atom is -0.396 e. The highest BCUT2D eigenvalue weighted by Crippen LogP contribution is 2.14. The van der Waals surface area contributed by atoms with Crippen LogP contribution >= 0.6 is 0 Å². The first-order chi connectivity index (χ1) is 4.88. The second kappa shape index (κ2) is 1.70. The molecule has 10 heavy (non-hydrogen) atoms. The van der Waals surface area contributed by atoms with Gasteiger partial charge in [-0.1, -0.05) is 0 Å². The van der Waals surface area contributed by atoms with Gasteiger partial charge >= 0.3 is 0 Å². The van der Waals surface area contributed by atoms with Gasteiger partial charge in [-0.3, -0.25) is 0 Å². The van der Waals surface area contributed by atoms with Gasteiger partial charge in [-0.05, 0) is 0 Å². The maximum Gasteiger partial charge on any atom is 0.116 e. The molecular formula is C6H6N4. The van der Waals surface area contributed by atoms with E-state index in [2.05, 4.69) is 15.0 Å². The second-order valence-electron chi connectivity index (χ2n) is 2.03. The minimum atomic E-state index is 0.664. The molecule has 2 aromatic heterocycles. The van der Waals surface area contributed by atoms with Crippen molar-refractivity contribution < 1.29 is 0 Å². The molecule has 0 amide bonds. The van der Waals surface area contributed by atoms with Crippen LogP contribution in [0.3, 0.4) is 0 Å². The standard InChI is InChI=1S/C6H6N4/c7-4-1-9-5-2-8-3-10-6(4)5/h1-3,9H,7H2. The molecule has 2 heterocycles. The van der Waals surface area contributed by atoms with Gasteiger partial charge in [0.15, 0.2) is 0 Å². The molecule has 0 spiro atoms. The van der Waals surface area contributed by atoms with Crippen molar-refractivity contribution in [2.24, 2.45) is 0 Å². The summed E-state index contributed by atoms with van der Waals surface area (Å²) in [6.45, 7) is 0. The van der Waals surface area contributed by atoms with Crippen LogP contribution in [-0.4, -0.2) is 15.0 Å². The Morgan fingerprint density at radius 2 is 2.40 bits per heavy atom. The average molecular weight is 134 g/mol. The molecule has 0 aromatic carbocycles. The van der Waals surface area contributed by atoms with Gasteiger partial charge < -0.3 is 10.7 Å². The monoisotopic (exact) mass is 134 g/mol. The van der Waals surface area contributed by atoms with E-state index >= 15 is 0 Å². The molecule has 0 saturated heterocycles. The Morgan fingerprint density at radius 3 is 3.20 bits per heavy atom. The van der Waals surface area contributed by atoms with E-state index in [-0.39, 0.29) is 0 Å². The van der Waals surface area contributed by atoms with Crippen LogP contribution in [0.1, 0.15) is 0 Å². The third-order valence-corrected chi connectivity index (χ3v) is 1.37. The molecule has 4 heteroatoms. The van der Waals surface area contributed by atoms with Crippen LogP contribution in [0, 0.1) is 0 Å². The van der Waals surface area contributed by atoms with Crippen molar-refractivity contribution in [3.8, 4) is 0 Å². The van der Waals surface area contributed by atoms with E-state index in [4.69, 9.17) is 5.73 Å². The summed E-state index contributed by atoms with van der Waals surface area (Å²) in [4.78, 5) is 10.7. The molecule has 0 aliphatic rings. The fourth-order valence-electron chi connectivity index (χ4n) is 0.889. The van der Waals surface area contributed by atoms with Crippen LogP contribution in [0.25, 0.3) is 11.0 Å². The van der Waals surface area contributed by atoms with E-state index < -0.39 is 0 Å². The summed E-state index contributed by atoms with van der Waals surface area (Å²) in [5, 5.41) is 0. The first-order valence-corrected chi connectivity index (χ1v) is 2.90. The molecule has 2 rings (SSSR count). The van der Waals surface area contributed by atoms with Crippen molar-refractivity contribution in [1.29, 1.82) is 0 Å². The number of rotatable bonds is 0. The van der Waals surface area contributed by atoms with Crippen molar-refractivity contribution in [1.82, 2.24) is 15.0 Å². The number of hydrogen-bond acceptors (Lipinski definition) is 3. The molecule has 0 aliphatic carbocycles. The second-order valence-corrected chi connectivity index (χ2v) is 2.03. The summed E-state index contributed by atoms with van der Waals surface area (Å²) >= 11 is 0. The lowest BCUT2D eigenvalue weighted by Gasteiger charge is -1.85. The summed E-state index contributed by atoms with van der Waals surface area (Å²) in [7, 11) is 0. The van der Waals surface area contributed by atoms with Gasteiger partial charge in [0.25, 0.3) is 0 Å². The van der Waals surface area contributed by atoms with Crippen LogP contribution in [-0.2, 0) is 0 Å².